The number of fused-ring (bicyclic) bond motifs is 6. The van der Waals surface area contributed by atoms with Crippen LogP contribution in [0.5, 0.6) is 0 Å². The van der Waals surface area contributed by atoms with Gasteiger partial charge in [-0.25, -0.2) is 15.0 Å². The third-order valence-electron chi connectivity index (χ3n) is 10.7. The van der Waals surface area contributed by atoms with E-state index >= 15 is 0 Å². The molecule has 0 unspecified atom stereocenters. The van der Waals surface area contributed by atoms with Crippen LogP contribution in [0.3, 0.4) is 0 Å². The fourth-order valence-corrected chi connectivity index (χ4v) is 9.17. The van der Waals surface area contributed by atoms with E-state index in [0.29, 0.717) is 17.5 Å². The molecule has 0 aliphatic heterocycles. The highest BCUT2D eigenvalue weighted by Gasteiger charge is 2.18. The van der Waals surface area contributed by atoms with Gasteiger partial charge >= 0.3 is 0 Å². The van der Waals surface area contributed by atoms with Crippen LogP contribution in [0.4, 0.5) is 0 Å². The van der Waals surface area contributed by atoms with Crippen molar-refractivity contribution in [3.05, 3.63) is 194 Å². The van der Waals surface area contributed by atoms with Gasteiger partial charge in [-0.3, -0.25) is 0 Å². The van der Waals surface area contributed by atoms with E-state index in [0.717, 1.165) is 22.4 Å². The quantitative estimate of drug-likeness (QED) is 0.171. The SMILES string of the molecule is c1ccc(-c2ccc(-n3c4ccccc4c4cc(-c5cccc6c5sc5ccc(-c7nc(-c8ccccc8)nc(-c8ccccc8)n7)cc56)ccc43)cc2)cc1. The Morgan fingerprint density at radius 3 is 1.55 bits per heavy atom. The lowest BCUT2D eigenvalue weighted by molar-refractivity contribution is 1.07. The molecule has 11 aromatic rings. The second kappa shape index (κ2) is 13.3. The van der Waals surface area contributed by atoms with Crippen LogP contribution in [-0.2, 0) is 0 Å². The second-order valence-corrected chi connectivity index (χ2v) is 15.1. The highest BCUT2D eigenvalue weighted by Crippen LogP contribution is 2.43. The van der Waals surface area contributed by atoms with E-state index in [1.807, 2.05) is 72.0 Å². The highest BCUT2D eigenvalue weighted by atomic mass is 32.1. The zero-order chi connectivity index (χ0) is 37.0. The molecule has 0 saturated carbocycles. The molecule has 5 heteroatoms. The summed E-state index contributed by atoms with van der Waals surface area (Å²) in [5, 5.41) is 4.91. The number of rotatable bonds is 6. The van der Waals surface area contributed by atoms with E-state index in [1.54, 1.807) is 0 Å². The molecule has 0 atom stereocenters. The van der Waals surface area contributed by atoms with Crippen LogP contribution in [0, 0.1) is 0 Å². The Bertz CT molecular complexity index is 3160. The Labute approximate surface area is 327 Å². The first-order valence-electron chi connectivity index (χ1n) is 18.8. The molecule has 4 nitrogen and oxygen atoms in total. The van der Waals surface area contributed by atoms with Crippen molar-refractivity contribution in [3.8, 4) is 62.1 Å². The molecule has 11 rings (SSSR count). The molecule has 0 amide bonds. The van der Waals surface area contributed by atoms with E-state index in [9.17, 15) is 0 Å². The minimum atomic E-state index is 0.659. The van der Waals surface area contributed by atoms with Crippen molar-refractivity contribution in [2.75, 3.05) is 0 Å². The lowest BCUT2D eigenvalue weighted by Gasteiger charge is -2.10. The number of aromatic nitrogens is 4. The Morgan fingerprint density at radius 1 is 0.339 bits per heavy atom. The summed E-state index contributed by atoms with van der Waals surface area (Å²) in [5.41, 5.74) is 11.3. The standard InChI is InChI=1S/C51H32N4S/c1-4-13-33(14-5-1)34-23-27-39(28-24-34)55-45-22-11-10-19-41(45)43-31-37(25-29-46(43)55)40-20-12-21-42-44-32-38(26-30-47(44)56-48(40)42)51-53-49(35-15-6-2-7-16-35)52-50(54-51)36-17-8-3-9-18-36/h1-32H. The topological polar surface area (TPSA) is 43.6 Å². The molecule has 0 fully saturated rings. The molecule has 0 saturated heterocycles. The molecule has 0 radical (unpaired) electrons. The minimum absolute atomic E-state index is 0.659. The Hall–Kier alpha value is -7.21. The number of hydrogen-bond donors (Lipinski definition) is 0. The summed E-state index contributed by atoms with van der Waals surface area (Å²) in [5.74, 6) is 1.98. The van der Waals surface area contributed by atoms with Gasteiger partial charge < -0.3 is 4.57 Å². The van der Waals surface area contributed by atoms with Gasteiger partial charge in [0.25, 0.3) is 0 Å². The van der Waals surface area contributed by atoms with Gasteiger partial charge in [0.05, 0.1) is 11.0 Å². The Morgan fingerprint density at radius 2 is 0.857 bits per heavy atom. The molecule has 3 aromatic heterocycles. The maximum atomic E-state index is 5.01. The van der Waals surface area contributed by atoms with Crippen molar-refractivity contribution in [3.63, 3.8) is 0 Å². The molecule has 8 aromatic carbocycles. The van der Waals surface area contributed by atoms with Crippen molar-refractivity contribution in [2.24, 2.45) is 0 Å². The fraction of sp³-hybridized carbons (Fsp3) is 0. The van der Waals surface area contributed by atoms with E-state index in [-0.39, 0.29) is 0 Å². The molecule has 0 spiro atoms. The van der Waals surface area contributed by atoms with Crippen molar-refractivity contribution in [1.29, 1.82) is 0 Å². The van der Waals surface area contributed by atoms with Gasteiger partial charge in [-0.2, -0.15) is 0 Å². The normalized spacial score (nSPS) is 11.6. The molecular formula is C51H32N4S. The highest BCUT2D eigenvalue weighted by molar-refractivity contribution is 7.26. The van der Waals surface area contributed by atoms with Crippen LogP contribution in [0.15, 0.2) is 194 Å². The number of benzene rings is 8. The lowest BCUT2D eigenvalue weighted by atomic mass is 10.00. The van der Waals surface area contributed by atoms with Crippen LogP contribution in [0.2, 0.25) is 0 Å². The van der Waals surface area contributed by atoms with Crippen molar-refractivity contribution < 1.29 is 0 Å². The average Bonchev–Trinajstić information content (AvgIpc) is 3.82. The van der Waals surface area contributed by atoms with Crippen LogP contribution < -0.4 is 0 Å². The average molecular weight is 733 g/mol. The molecule has 3 heterocycles. The molecule has 262 valence electrons. The molecule has 0 aliphatic rings. The maximum Gasteiger partial charge on any atom is 0.164 e. The van der Waals surface area contributed by atoms with Gasteiger partial charge in [-0.1, -0.05) is 146 Å². The molecular weight excluding hydrogens is 701 g/mol. The van der Waals surface area contributed by atoms with E-state index in [4.69, 9.17) is 15.0 Å². The molecule has 0 bridgehead atoms. The van der Waals surface area contributed by atoms with Crippen molar-refractivity contribution in [2.45, 2.75) is 0 Å². The summed E-state index contributed by atoms with van der Waals surface area (Å²) in [4.78, 5) is 14.9. The Balaban J connectivity index is 1.02. The summed E-state index contributed by atoms with van der Waals surface area (Å²) < 4.78 is 4.89. The summed E-state index contributed by atoms with van der Waals surface area (Å²) in [6.07, 6.45) is 0. The van der Waals surface area contributed by atoms with Crippen molar-refractivity contribution >= 4 is 53.3 Å². The Kier molecular flexibility index (Phi) is 7.64. The van der Waals surface area contributed by atoms with Gasteiger partial charge in [0.15, 0.2) is 17.5 Å². The second-order valence-electron chi connectivity index (χ2n) is 14.0. The number of nitrogens with zero attached hydrogens (tertiary/aromatic N) is 4. The summed E-state index contributed by atoms with van der Waals surface area (Å²) in [6.45, 7) is 0. The van der Waals surface area contributed by atoms with Crippen LogP contribution in [0.1, 0.15) is 0 Å². The largest absolute Gasteiger partial charge is 0.309 e. The smallest absolute Gasteiger partial charge is 0.164 e. The van der Waals surface area contributed by atoms with Gasteiger partial charge in [-0.15, -0.1) is 11.3 Å². The maximum absolute atomic E-state index is 5.01. The minimum Gasteiger partial charge on any atom is -0.309 e. The number of hydrogen-bond acceptors (Lipinski definition) is 4. The fourth-order valence-electron chi connectivity index (χ4n) is 7.95. The van der Waals surface area contributed by atoms with Crippen LogP contribution in [-0.4, -0.2) is 19.5 Å². The van der Waals surface area contributed by atoms with Gasteiger partial charge in [0, 0.05) is 53.3 Å². The van der Waals surface area contributed by atoms with E-state index < -0.39 is 0 Å². The molecule has 0 N–H and O–H groups in total. The van der Waals surface area contributed by atoms with Crippen LogP contribution in [0.25, 0.3) is 104 Å². The van der Waals surface area contributed by atoms with Crippen LogP contribution >= 0.6 is 11.3 Å². The third kappa shape index (κ3) is 5.48. The molecule has 56 heavy (non-hydrogen) atoms. The zero-order valence-corrected chi connectivity index (χ0v) is 31.0. The van der Waals surface area contributed by atoms with Gasteiger partial charge in [-0.05, 0) is 70.8 Å². The predicted molar refractivity (Wildman–Crippen MR) is 234 cm³/mol. The zero-order valence-electron chi connectivity index (χ0n) is 30.2. The number of para-hydroxylation sites is 1. The predicted octanol–water partition coefficient (Wildman–Crippen LogP) is 13.7. The first-order chi connectivity index (χ1) is 27.7. The summed E-state index contributed by atoms with van der Waals surface area (Å²) in [6, 6.07) is 68.7. The number of thiophene rings is 1. The lowest BCUT2D eigenvalue weighted by Crippen LogP contribution is -2.00. The first-order valence-corrected chi connectivity index (χ1v) is 19.6. The first kappa shape index (κ1) is 32.2. The van der Waals surface area contributed by atoms with Gasteiger partial charge in [0.2, 0.25) is 0 Å². The van der Waals surface area contributed by atoms with Gasteiger partial charge in [0.1, 0.15) is 0 Å². The van der Waals surface area contributed by atoms with E-state index in [2.05, 4.69) is 138 Å². The van der Waals surface area contributed by atoms with Crippen molar-refractivity contribution in [1.82, 2.24) is 19.5 Å². The monoisotopic (exact) mass is 732 g/mol. The van der Waals surface area contributed by atoms with E-state index in [1.165, 1.54) is 64.2 Å². The summed E-state index contributed by atoms with van der Waals surface area (Å²) in [7, 11) is 0. The third-order valence-corrected chi connectivity index (χ3v) is 11.9. The molecule has 0 aliphatic carbocycles. The summed E-state index contributed by atoms with van der Waals surface area (Å²) >= 11 is 1.84.